The van der Waals surface area contributed by atoms with E-state index in [1.165, 1.54) is 0 Å². The van der Waals surface area contributed by atoms with Crippen LogP contribution in [0.2, 0.25) is 0 Å². The van der Waals surface area contributed by atoms with E-state index < -0.39 is 13.5 Å². The molecule has 2 heterocycles. The maximum atomic E-state index is 12.6. The third-order valence-electron chi connectivity index (χ3n) is 3.22. The Morgan fingerprint density at radius 3 is 2.76 bits per heavy atom. The number of rotatable bonds is 7. The largest absolute Gasteiger partial charge is 0.364 e. The molecule has 1 atom stereocenters. The van der Waals surface area contributed by atoms with Crippen LogP contribution in [0.1, 0.15) is 36.8 Å². The fraction of sp³-hybridized carbons (Fsp3) is 0.667. The molecule has 1 amide bonds. The van der Waals surface area contributed by atoms with Gasteiger partial charge in [0.25, 0.3) is 5.91 Å². The van der Waals surface area contributed by atoms with Crippen LogP contribution < -0.4 is 11.1 Å². The van der Waals surface area contributed by atoms with Crippen molar-refractivity contribution in [3.8, 4) is 0 Å². The van der Waals surface area contributed by atoms with Crippen LogP contribution in [-0.2, 0) is 13.6 Å². The van der Waals surface area contributed by atoms with E-state index in [9.17, 15) is 9.36 Å². The molecule has 0 bridgehead atoms. The van der Waals surface area contributed by atoms with Crippen molar-refractivity contribution in [2.24, 2.45) is 5.73 Å². The van der Waals surface area contributed by atoms with Crippen LogP contribution in [0.15, 0.2) is 6.20 Å². The Morgan fingerprint density at radius 1 is 1.52 bits per heavy atom. The van der Waals surface area contributed by atoms with Crippen LogP contribution in [0.5, 0.6) is 0 Å². The van der Waals surface area contributed by atoms with Gasteiger partial charge in [0.2, 0.25) is 5.95 Å². The van der Waals surface area contributed by atoms with E-state index in [1.807, 2.05) is 0 Å². The first-order valence-electron chi connectivity index (χ1n) is 6.99. The smallest absolute Gasteiger partial charge is 0.332 e. The number of carbonyl (C=O) groups is 1. The first-order chi connectivity index (χ1) is 9.99. The van der Waals surface area contributed by atoms with Gasteiger partial charge in [0.05, 0.1) is 19.4 Å². The number of primary amides is 1. The molecule has 0 aliphatic carbocycles. The number of hydrogen-bond acceptors (Lipinski definition) is 6. The van der Waals surface area contributed by atoms with E-state index in [4.69, 9.17) is 14.8 Å². The summed E-state index contributed by atoms with van der Waals surface area (Å²) in [5, 5.41) is 3.09. The van der Waals surface area contributed by atoms with Gasteiger partial charge < -0.3 is 24.7 Å². The van der Waals surface area contributed by atoms with Crippen molar-refractivity contribution in [1.29, 1.82) is 0 Å². The number of anilines is 1. The number of carbonyl (C=O) groups excluding carboxylic acids is 1. The molecule has 118 valence electrons. The summed E-state index contributed by atoms with van der Waals surface area (Å²) >= 11 is 0. The second kappa shape index (κ2) is 6.60. The van der Waals surface area contributed by atoms with Crippen LogP contribution >= 0.6 is 7.60 Å². The summed E-state index contributed by atoms with van der Waals surface area (Å²) in [4.78, 5) is 15.4. The van der Waals surface area contributed by atoms with Gasteiger partial charge in [0, 0.05) is 18.8 Å². The number of nitrogens with one attached hydrogen (secondary N) is 1. The van der Waals surface area contributed by atoms with Crippen LogP contribution in [0.4, 0.5) is 5.95 Å². The average molecular weight is 316 g/mol. The Morgan fingerprint density at radius 2 is 2.19 bits per heavy atom. The van der Waals surface area contributed by atoms with Crippen molar-refractivity contribution in [2.75, 3.05) is 31.2 Å². The first kappa shape index (κ1) is 16.0. The second-order valence-electron chi connectivity index (χ2n) is 4.72. The zero-order chi connectivity index (χ0) is 15.5. The molecule has 0 spiro atoms. The van der Waals surface area contributed by atoms with Gasteiger partial charge in [-0.3, -0.25) is 9.36 Å². The van der Waals surface area contributed by atoms with Crippen LogP contribution in [0, 0.1) is 0 Å². The molecule has 1 aromatic rings. The van der Waals surface area contributed by atoms with Crippen LogP contribution in [0.3, 0.4) is 0 Å². The highest BCUT2D eigenvalue weighted by Gasteiger charge is 2.32. The Kier molecular flexibility index (Phi) is 5.03. The van der Waals surface area contributed by atoms with Gasteiger partial charge in [0.1, 0.15) is 5.69 Å². The summed E-state index contributed by atoms with van der Waals surface area (Å²) in [6.07, 6.45) is 2.57. The van der Waals surface area contributed by atoms with Gasteiger partial charge >= 0.3 is 7.60 Å². The SMILES string of the molecule is CCOP(=O)(CC1CCNc2nc(C(N)=O)cn21)OCC. The van der Waals surface area contributed by atoms with Crippen molar-refractivity contribution in [1.82, 2.24) is 9.55 Å². The second-order valence-corrected chi connectivity index (χ2v) is 6.82. The summed E-state index contributed by atoms with van der Waals surface area (Å²) in [7, 11) is -3.15. The van der Waals surface area contributed by atoms with E-state index in [1.54, 1.807) is 24.6 Å². The molecule has 0 saturated heterocycles. The molecule has 0 aromatic carbocycles. The highest BCUT2D eigenvalue weighted by atomic mass is 31.2. The lowest BCUT2D eigenvalue weighted by atomic mass is 10.2. The molecule has 1 unspecified atom stereocenters. The molecule has 1 aliphatic heterocycles. The zero-order valence-corrected chi connectivity index (χ0v) is 13.1. The normalized spacial score (nSPS) is 18.1. The van der Waals surface area contributed by atoms with Gasteiger partial charge in [-0.1, -0.05) is 0 Å². The molecule has 0 fully saturated rings. The Bertz CT molecular complexity index is 549. The number of nitrogens with zero attached hydrogens (tertiary/aromatic N) is 2. The molecular weight excluding hydrogens is 295 g/mol. The van der Waals surface area contributed by atoms with E-state index in [-0.39, 0.29) is 17.9 Å². The van der Waals surface area contributed by atoms with Gasteiger partial charge in [0.15, 0.2) is 0 Å². The maximum absolute atomic E-state index is 12.6. The van der Waals surface area contributed by atoms with E-state index in [2.05, 4.69) is 10.3 Å². The van der Waals surface area contributed by atoms with Crippen molar-refractivity contribution in [2.45, 2.75) is 26.3 Å². The lowest BCUT2D eigenvalue weighted by molar-refractivity contribution is 0.0996. The van der Waals surface area contributed by atoms with Crippen molar-refractivity contribution < 1.29 is 18.4 Å². The highest BCUT2D eigenvalue weighted by molar-refractivity contribution is 7.53. The number of hydrogen-bond donors (Lipinski definition) is 2. The third-order valence-corrected chi connectivity index (χ3v) is 5.40. The predicted octanol–water partition coefficient (Wildman–Crippen LogP) is 1.60. The molecule has 0 saturated carbocycles. The minimum atomic E-state index is -3.15. The Balaban J connectivity index is 2.22. The number of aromatic nitrogens is 2. The monoisotopic (exact) mass is 316 g/mol. The third kappa shape index (κ3) is 3.64. The molecule has 2 rings (SSSR count). The van der Waals surface area contributed by atoms with Gasteiger partial charge in [-0.2, -0.15) is 0 Å². The molecule has 9 heteroatoms. The Labute approximate surface area is 123 Å². The summed E-state index contributed by atoms with van der Waals surface area (Å²) in [5.74, 6) is -0.0326. The van der Waals surface area contributed by atoms with Crippen molar-refractivity contribution in [3.05, 3.63) is 11.9 Å². The molecular formula is C12H21N4O4P. The number of fused-ring (bicyclic) bond motifs is 1. The van der Waals surface area contributed by atoms with Gasteiger partial charge in [-0.15, -0.1) is 0 Å². The van der Waals surface area contributed by atoms with Crippen molar-refractivity contribution >= 4 is 19.5 Å². The Hall–Kier alpha value is -1.37. The molecule has 21 heavy (non-hydrogen) atoms. The summed E-state index contributed by atoms with van der Waals surface area (Å²) < 4.78 is 25.1. The summed E-state index contributed by atoms with van der Waals surface area (Å²) in [5.41, 5.74) is 5.43. The predicted molar refractivity (Wildman–Crippen MR) is 78.6 cm³/mol. The fourth-order valence-electron chi connectivity index (χ4n) is 2.38. The first-order valence-corrected chi connectivity index (χ1v) is 8.72. The molecule has 3 N–H and O–H groups in total. The zero-order valence-electron chi connectivity index (χ0n) is 12.2. The van der Waals surface area contributed by atoms with Gasteiger partial charge in [-0.05, 0) is 20.3 Å². The fourth-order valence-corrected chi connectivity index (χ4v) is 4.33. The molecule has 8 nitrogen and oxygen atoms in total. The van der Waals surface area contributed by atoms with E-state index in [0.29, 0.717) is 25.7 Å². The molecule has 1 aliphatic rings. The molecule has 1 aromatic heterocycles. The average Bonchev–Trinajstić information content (AvgIpc) is 2.84. The highest BCUT2D eigenvalue weighted by Crippen LogP contribution is 2.51. The van der Waals surface area contributed by atoms with Crippen LogP contribution in [0.25, 0.3) is 0 Å². The lowest BCUT2D eigenvalue weighted by Gasteiger charge is -2.28. The number of nitrogens with two attached hydrogens (primary N) is 1. The quantitative estimate of drug-likeness (QED) is 0.740. The van der Waals surface area contributed by atoms with Gasteiger partial charge in [-0.25, -0.2) is 4.98 Å². The standard InChI is InChI=1S/C12H21N4O4P/c1-3-19-21(18,20-4-2)8-9-5-6-14-12-15-10(11(13)17)7-16(9)12/h7,9H,3-6,8H2,1-2H3,(H2,13,17)(H,14,15). The van der Waals surface area contributed by atoms with Crippen LogP contribution in [-0.4, -0.2) is 41.4 Å². The summed E-state index contributed by atoms with van der Waals surface area (Å²) in [6.45, 7) is 4.89. The topological polar surface area (TPSA) is 108 Å². The van der Waals surface area contributed by atoms with E-state index in [0.717, 1.165) is 6.42 Å². The minimum Gasteiger partial charge on any atom is -0.364 e. The van der Waals surface area contributed by atoms with Crippen molar-refractivity contribution in [3.63, 3.8) is 0 Å². The number of amides is 1. The minimum absolute atomic E-state index is 0.106. The van der Waals surface area contributed by atoms with E-state index >= 15 is 0 Å². The lowest BCUT2D eigenvalue weighted by Crippen LogP contribution is -2.25. The molecule has 0 radical (unpaired) electrons. The maximum Gasteiger partial charge on any atom is 0.332 e. The number of imidazole rings is 1. The summed E-state index contributed by atoms with van der Waals surface area (Å²) in [6, 6.07) is -0.106.